The number of nitrogens with one attached hydrogen (secondary N) is 2. The van der Waals surface area contributed by atoms with Crippen molar-refractivity contribution < 1.29 is 4.79 Å². The highest BCUT2D eigenvalue weighted by Gasteiger charge is 2.37. The number of aryl methyl sites for hydroxylation is 3. The van der Waals surface area contributed by atoms with E-state index in [1.165, 1.54) is 11.8 Å². The SMILES string of the molecule is CCCc1nnc2n1N[C@@H](c1ccc(Cl)cc1)[C@H](C(=O)Nc1cc(C)cc(C)c1)S2. The molecule has 0 aliphatic carbocycles. The van der Waals surface area contributed by atoms with Crippen LogP contribution in [0, 0.1) is 13.8 Å². The van der Waals surface area contributed by atoms with E-state index in [4.69, 9.17) is 11.6 Å². The predicted molar refractivity (Wildman–Crippen MR) is 122 cm³/mol. The summed E-state index contributed by atoms with van der Waals surface area (Å²) in [6, 6.07) is 13.4. The Bertz CT molecular complexity index is 1050. The van der Waals surface area contributed by atoms with E-state index in [9.17, 15) is 4.79 Å². The maximum Gasteiger partial charge on any atom is 0.240 e. The zero-order chi connectivity index (χ0) is 21.3. The van der Waals surface area contributed by atoms with Crippen molar-refractivity contribution in [3.05, 3.63) is 70.0 Å². The first-order chi connectivity index (χ1) is 14.4. The molecule has 3 aromatic rings. The summed E-state index contributed by atoms with van der Waals surface area (Å²) >= 11 is 7.51. The molecule has 2 atom stereocenters. The smallest absolute Gasteiger partial charge is 0.240 e. The number of amides is 1. The topological polar surface area (TPSA) is 71.8 Å². The predicted octanol–water partition coefficient (Wildman–Crippen LogP) is 4.90. The van der Waals surface area contributed by atoms with Crippen LogP contribution in [0.4, 0.5) is 5.69 Å². The van der Waals surface area contributed by atoms with Gasteiger partial charge in [-0.3, -0.25) is 4.79 Å². The Labute approximate surface area is 185 Å². The Morgan fingerprint density at radius 3 is 2.53 bits per heavy atom. The summed E-state index contributed by atoms with van der Waals surface area (Å²) in [5.41, 5.74) is 7.47. The molecule has 0 saturated carbocycles. The Morgan fingerprint density at radius 1 is 1.17 bits per heavy atom. The summed E-state index contributed by atoms with van der Waals surface area (Å²) in [5.74, 6) is 0.788. The fraction of sp³-hybridized carbons (Fsp3) is 0.318. The molecule has 1 aliphatic heterocycles. The standard InChI is InChI=1S/C22H24ClN5OS/c1-4-5-18-25-26-22-28(18)27-19(15-6-8-16(23)9-7-15)20(30-22)21(29)24-17-11-13(2)10-14(3)12-17/h6-12,19-20,27H,4-5H2,1-3H3,(H,24,29)/t19-,20+/m0/s1. The molecule has 0 fully saturated rings. The van der Waals surface area contributed by atoms with Crippen molar-refractivity contribution in [3.63, 3.8) is 0 Å². The number of rotatable bonds is 5. The zero-order valence-corrected chi connectivity index (χ0v) is 18.7. The van der Waals surface area contributed by atoms with Crippen LogP contribution in [-0.2, 0) is 11.2 Å². The van der Waals surface area contributed by atoms with Crippen LogP contribution in [0.5, 0.6) is 0 Å². The van der Waals surface area contributed by atoms with E-state index in [0.29, 0.717) is 10.2 Å². The number of hydrogen-bond acceptors (Lipinski definition) is 5. The lowest BCUT2D eigenvalue weighted by molar-refractivity contribution is -0.116. The Morgan fingerprint density at radius 2 is 1.87 bits per heavy atom. The molecule has 1 aromatic heterocycles. The van der Waals surface area contributed by atoms with Crippen molar-refractivity contribution in [1.82, 2.24) is 14.9 Å². The first-order valence-electron chi connectivity index (χ1n) is 9.96. The molecule has 0 saturated heterocycles. The third-order valence-corrected chi connectivity index (χ3v) is 6.42. The third-order valence-electron chi connectivity index (χ3n) is 4.95. The van der Waals surface area contributed by atoms with Gasteiger partial charge < -0.3 is 10.7 Å². The van der Waals surface area contributed by atoms with Gasteiger partial charge in [-0.2, -0.15) is 0 Å². The van der Waals surface area contributed by atoms with Crippen molar-refractivity contribution in [2.24, 2.45) is 0 Å². The Hall–Kier alpha value is -2.51. The van der Waals surface area contributed by atoms with Crippen LogP contribution in [0.2, 0.25) is 5.02 Å². The van der Waals surface area contributed by atoms with Crippen molar-refractivity contribution in [3.8, 4) is 0 Å². The monoisotopic (exact) mass is 441 g/mol. The highest BCUT2D eigenvalue weighted by molar-refractivity contribution is 8.00. The highest BCUT2D eigenvalue weighted by Crippen LogP contribution is 2.38. The minimum absolute atomic E-state index is 0.0799. The largest absolute Gasteiger partial charge is 0.325 e. The van der Waals surface area contributed by atoms with Gasteiger partial charge >= 0.3 is 0 Å². The summed E-state index contributed by atoms with van der Waals surface area (Å²) in [6.07, 6.45) is 1.78. The molecule has 2 aromatic carbocycles. The third kappa shape index (κ3) is 4.32. The summed E-state index contributed by atoms with van der Waals surface area (Å²) in [4.78, 5) is 13.3. The molecular weight excluding hydrogens is 418 g/mol. The van der Waals surface area contributed by atoms with Gasteiger partial charge in [-0.05, 0) is 61.2 Å². The van der Waals surface area contributed by atoms with E-state index in [-0.39, 0.29) is 11.9 Å². The van der Waals surface area contributed by atoms with Crippen LogP contribution in [0.1, 0.15) is 41.9 Å². The average Bonchev–Trinajstić information content (AvgIpc) is 3.09. The summed E-state index contributed by atoms with van der Waals surface area (Å²) in [5, 5.41) is 12.6. The highest BCUT2D eigenvalue weighted by atomic mass is 35.5. The first-order valence-corrected chi connectivity index (χ1v) is 11.2. The molecule has 30 heavy (non-hydrogen) atoms. The van der Waals surface area contributed by atoms with Crippen molar-refractivity contribution in [2.75, 3.05) is 10.7 Å². The molecule has 156 valence electrons. The molecule has 4 rings (SSSR count). The quantitative estimate of drug-likeness (QED) is 0.589. The van der Waals surface area contributed by atoms with Gasteiger partial charge in [0, 0.05) is 17.1 Å². The second-order valence-corrected chi connectivity index (χ2v) is 9.09. The van der Waals surface area contributed by atoms with E-state index in [1.807, 2.05) is 54.9 Å². The van der Waals surface area contributed by atoms with Gasteiger partial charge in [0.15, 0.2) is 5.82 Å². The number of hydrogen-bond donors (Lipinski definition) is 2. The van der Waals surface area contributed by atoms with Gasteiger partial charge in [0.25, 0.3) is 0 Å². The van der Waals surface area contributed by atoms with Gasteiger partial charge in [-0.15, -0.1) is 10.2 Å². The van der Waals surface area contributed by atoms with E-state index >= 15 is 0 Å². The van der Waals surface area contributed by atoms with Crippen molar-refractivity contribution in [2.45, 2.75) is 50.1 Å². The lowest BCUT2D eigenvalue weighted by Crippen LogP contribution is -2.41. The molecule has 2 N–H and O–H groups in total. The van der Waals surface area contributed by atoms with Crippen LogP contribution < -0.4 is 10.7 Å². The summed E-state index contributed by atoms with van der Waals surface area (Å²) in [7, 11) is 0. The number of nitrogens with zero attached hydrogens (tertiary/aromatic N) is 3. The Balaban J connectivity index is 1.67. The number of halogens is 1. The second-order valence-electron chi connectivity index (χ2n) is 7.55. The average molecular weight is 442 g/mol. The number of aromatic nitrogens is 3. The van der Waals surface area contributed by atoms with Crippen LogP contribution in [0.25, 0.3) is 0 Å². The molecule has 0 radical (unpaired) electrons. The number of benzene rings is 2. The van der Waals surface area contributed by atoms with Gasteiger partial charge in [-0.1, -0.05) is 48.5 Å². The number of carbonyl (C=O) groups is 1. The zero-order valence-electron chi connectivity index (χ0n) is 17.1. The van der Waals surface area contributed by atoms with Crippen molar-refractivity contribution in [1.29, 1.82) is 0 Å². The second kappa shape index (κ2) is 8.70. The molecular formula is C22H24ClN5OS. The summed E-state index contributed by atoms with van der Waals surface area (Å²) in [6.45, 7) is 6.15. The lowest BCUT2D eigenvalue weighted by atomic mass is 10.0. The molecule has 0 spiro atoms. The summed E-state index contributed by atoms with van der Waals surface area (Å²) < 4.78 is 1.91. The van der Waals surface area contributed by atoms with Crippen LogP contribution in [0.15, 0.2) is 47.6 Å². The molecule has 2 heterocycles. The normalized spacial score (nSPS) is 17.9. The van der Waals surface area contributed by atoms with Crippen LogP contribution in [-0.4, -0.2) is 26.0 Å². The van der Waals surface area contributed by atoms with Crippen LogP contribution >= 0.6 is 23.4 Å². The van der Waals surface area contributed by atoms with Crippen LogP contribution in [0.3, 0.4) is 0 Å². The van der Waals surface area contributed by atoms with E-state index in [0.717, 1.165) is 41.0 Å². The maximum absolute atomic E-state index is 13.3. The van der Waals surface area contributed by atoms with Gasteiger partial charge in [-0.25, -0.2) is 4.68 Å². The van der Waals surface area contributed by atoms with E-state index in [2.05, 4.69) is 33.9 Å². The molecule has 0 unspecified atom stereocenters. The minimum Gasteiger partial charge on any atom is -0.325 e. The van der Waals surface area contributed by atoms with Gasteiger partial charge in [0.05, 0.1) is 6.04 Å². The number of thioether (sulfide) groups is 1. The number of carbonyl (C=O) groups excluding carboxylic acids is 1. The van der Waals surface area contributed by atoms with E-state index < -0.39 is 5.25 Å². The maximum atomic E-state index is 13.3. The molecule has 0 bridgehead atoms. The van der Waals surface area contributed by atoms with Crippen molar-refractivity contribution >= 4 is 35.0 Å². The van der Waals surface area contributed by atoms with Gasteiger partial charge in [0.1, 0.15) is 5.25 Å². The Kier molecular flexibility index (Phi) is 6.01. The lowest BCUT2D eigenvalue weighted by Gasteiger charge is -2.33. The minimum atomic E-state index is -0.418. The fourth-order valence-electron chi connectivity index (χ4n) is 3.66. The number of fused-ring (bicyclic) bond motifs is 1. The molecule has 8 heteroatoms. The first kappa shape index (κ1) is 20.8. The molecule has 6 nitrogen and oxygen atoms in total. The van der Waals surface area contributed by atoms with Gasteiger partial charge in [0.2, 0.25) is 11.1 Å². The fourth-order valence-corrected chi connectivity index (χ4v) is 4.89. The number of anilines is 1. The van der Waals surface area contributed by atoms with E-state index in [1.54, 1.807) is 0 Å². The molecule has 1 amide bonds. The molecule has 1 aliphatic rings.